The average molecular weight is 405 g/mol. The van der Waals surface area contributed by atoms with Crippen molar-refractivity contribution in [1.29, 1.82) is 0 Å². The molecule has 4 aromatic rings. The first kappa shape index (κ1) is 18.0. The number of H-pyrrole nitrogens is 1. The molecule has 1 aromatic heterocycles. The van der Waals surface area contributed by atoms with E-state index in [1.165, 1.54) is 6.07 Å². The van der Waals surface area contributed by atoms with Gasteiger partial charge in [-0.25, -0.2) is 9.37 Å². The summed E-state index contributed by atoms with van der Waals surface area (Å²) in [4.78, 5) is 8.00. The predicted molar refractivity (Wildman–Crippen MR) is 115 cm³/mol. The minimum absolute atomic E-state index is 0.280. The molecule has 2 heterocycles. The van der Waals surface area contributed by atoms with Gasteiger partial charge in [0.1, 0.15) is 23.2 Å². The Labute approximate surface area is 172 Å². The summed E-state index contributed by atoms with van der Waals surface area (Å²) in [6.07, 6.45) is 1.92. The molecule has 0 bridgehead atoms. The van der Waals surface area contributed by atoms with Gasteiger partial charge in [-0.3, -0.25) is 0 Å². The second kappa shape index (κ2) is 6.46. The molecule has 0 amide bonds. The molecular formula is C24H18ClFN2O. The minimum atomic E-state index is -0.406. The lowest BCUT2D eigenvalue weighted by atomic mass is 9.81. The minimum Gasteiger partial charge on any atom is -0.457 e. The lowest BCUT2D eigenvalue weighted by molar-refractivity contribution is 0.456. The number of aromatic nitrogens is 2. The molecule has 3 aromatic carbocycles. The summed E-state index contributed by atoms with van der Waals surface area (Å²) in [7, 11) is 0. The molecular weight excluding hydrogens is 387 g/mol. The van der Waals surface area contributed by atoms with Gasteiger partial charge in [-0.1, -0.05) is 55.8 Å². The van der Waals surface area contributed by atoms with Crippen LogP contribution in [-0.4, -0.2) is 9.97 Å². The molecule has 1 aliphatic rings. The Hall–Kier alpha value is -3.11. The molecule has 5 rings (SSSR count). The van der Waals surface area contributed by atoms with Gasteiger partial charge in [0.05, 0.1) is 21.6 Å². The van der Waals surface area contributed by atoms with E-state index < -0.39 is 5.82 Å². The molecule has 29 heavy (non-hydrogen) atoms. The molecule has 144 valence electrons. The summed E-state index contributed by atoms with van der Waals surface area (Å²) in [5.74, 6) is 1.45. The van der Waals surface area contributed by atoms with Gasteiger partial charge >= 0.3 is 0 Å². The van der Waals surface area contributed by atoms with Gasteiger partial charge in [-0.05, 0) is 36.4 Å². The van der Waals surface area contributed by atoms with Crippen molar-refractivity contribution in [3.63, 3.8) is 0 Å². The molecule has 0 fully saturated rings. The van der Waals surface area contributed by atoms with E-state index >= 15 is 0 Å². The van der Waals surface area contributed by atoms with E-state index in [2.05, 4.69) is 23.8 Å². The van der Waals surface area contributed by atoms with Crippen LogP contribution in [0.5, 0.6) is 5.75 Å². The molecule has 5 heteroatoms. The monoisotopic (exact) mass is 404 g/mol. The first-order chi connectivity index (χ1) is 13.9. The summed E-state index contributed by atoms with van der Waals surface area (Å²) in [6.45, 7) is 4.15. The molecule has 0 atom stereocenters. The zero-order valence-corrected chi connectivity index (χ0v) is 16.7. The highest BCUT2D eigenvalue weighted by atomic mass is 35.5. The number of hydrogen-bond acceptors (Lipinski definition) is 2. The normalized spacial score (nSPS) is 15.0. The van der Waals surface area contributed by atoms with E-state index in [0.29, 0.717) is 16.5 Å². The van der Waals surface area contributed by atoms with Gasteiger partial charge in [0, 0.05) is 16.5 Å². The van der Waals surface area contributed by atoms with Crippen LogP contribution in [0.4, 0.5) is 4.39 Å². The van der Waals surface area contributed by atoms with E-state index in [4.69, 9.17) is 16.3 Å². The number of imidazole rings is 1. The van der Waals surface area contributed by atoms with Gasteiger partial charge < -0.3 is 9.72 Å². The number of aromatic amines is 1. The average Bonchev–Trinajstić information content (AvgIpc) is 3.11. The van der Waals surface area contributed by atoms with Crippen LogP contribution in [-0.2, 0) is 5.41 Å². The zero-order valence-electron chi connectivity index (χ0n) is 16.0. The lowest BCUT2D eigenvalue weighted by Gasteiger charge is -2.31. The van der Waals surface area contributed by atoms with Crippen LogP contribution in [0.1, 0.15) is 25.0 Å². The number of hydrogen-bond donors (Lipinski definition) is 1. The molecule has 0 saturated carbocycles. The molecule has 0 unspecified atom stereocenters. The van der Waals surface area contributed by atoms with Gasteiger partial charge in [0.25, 0.3) is 0 Å². The van der Waals surface area contributed by atoms with Crippen LogP contribution in [0.2, 0.25) is 5.02 Å². The maximum atomic E-state index is 14.5. The number of rotatable bonds is 2. The number of nitrogens with zero attached hydrogens (tertiary/aromatic N) is 1. The van der Waals surface area contributed by atoms with Crippen LogP contribution in [0.15, 0.2) is 66.7 Å². The summed E-state index contributed by atoms with van der Waals surface area (Å²) >= 11 is 6.28. The second-order valence-electron chi connectivity index (χ2n) is 7.74. The summed E-state index contributed by atoms with van der Waals surface area (Å²) in [5, 5.41) is 0.323. The number of benzene rings is 3. The highest BCUT2D eigenvalue weighted by Crippen LogP contribution is 2.44. The Balaban J connectivity index is 1.61. The number of halogens is 2. The Morgan fingerprint density at radius 2 is 1.86 bits per heavy atom. The van der Waals surface area contributed by atoms with E-state index in [1.807, 2.05) is 48.5 Å². The lowest BCUT2D eigenvalue weighted by Crippen LogP contribution is -2.21. The number of nitrogens with one attached hydrogen (secondary N) is 1. The Bertz CT molecular complexity index is 1240. The third kappa shape index (κ3) is 3.00. The third-order valence-corrected chi connectivity index (χ3v) is 5.57. The fourth-order valence-electron chi connectivity index (χ4n) is 3.79. The van der Waals surface area contributed by atoms with Crippen LogP contribution in [0.25, 0.3) is 28.2 Å². The predicted octanol–water partition coefficient (Wildman–Crippen LogP) is 6.73. The maximum absolute atomic E-state index is 14.5. The highest BCUT2D eigenvalue weighted by molar-refractivity contribution is 6.32. The molecule has 0 aliphatic carbocycles. The van der Waals surface area contributed by atoms with Crippen LogP contribution < -0.4 is 4.74 Å². The topological polar surface area (TPSA) is 37.9 Å². The molecule has 3 nitrogen and oxygen atoms in total. The Kier molecular flexibility index (Phi) is 4.00. The van der Waals surface area contributed by atoms with Crippen molar-refractivity contribution < 1.29 is 9.13 Å². The standard InChI is InChI=1S/C24H18ClFN2O/c1-24(2)13-21(22-16(25)6-5-7-17(22)26)29-20-12-14(10-11-15(20)24)23-27-18-8-3-4-9-19(18)28-23/h3-13H,1-2H3,(H,27,28). The Morgan fingerprint density at radius 3 is 2.66 bits per heavy atom. The van der Waals surface area contributed by atoms with Crippen LogP contribution in [0.3, 0.4) is 0 Å². The molecule has 0 radical (unpaired) electrons. The van der Waals surface area contributed by atoms with Crippen molar-refractivity contribution >= 4 is 28.4 Å². The SMILES string of the molecule is CC1(C)C=C(c2c(F)cccc2Cl)Oc2cc(-c3nc4ccccc4[nH]3)ccc21. The maximum Gasteiger partial charge on any atom is 0.138 e. The molecule has 0 saturated heterocycles. The fraction of sp³-hybridized carbons (Fsp3) is 0.125. The van der Waals surface area contributed by atoms with Crippen LogP contribution in [0, 0.1) is 5.82 Å². The smallest absolute Gasteiger partial charge is 0.138 e. The van der Waals surface area contributed by atoms with Crippen molar-refractivity contribution in [2.45, 2.75) is 19.3 Å². The number of allylic oxidation sites excluding steroid dienone is 1. The van der Waals surface area contributed by atoms with Gasteiger partial charge in [-0.15, -0.1) is 0 Å². The fourth-order valence-corrected chi connectivity index (χ4v) is 4.04. The van der Waals surface area contributed by atoms with Crippen molar-refractivity contribution in [3.05, 3.63) is 88.7 Å². The first-order valence-electron chi connectivity index (χ1n) is 9.37. The van der Waals surface area contributed by atoms with Gasteiger partial charge in [-0.2, -0.15) is 0 Å². The summed E-state index contributed by atoms with van der Waals surface area (Å²) < 4.78 is 20.7. The summed E-state index contributed by atoms with van der Waals surface area (Å²) in [6, 6.07) is 18.5. The van der Waals surface area contributed by atoms with Crippen molar-refractivity contribution in [3.8, 4) is 17.1 Å². The largest absolute Gasteiger partial charge is 0.457 e. The third-order valence-electron chi connectivity index (χ3n) is 5.26. The van der Waals surface area contributed by atoms with Crippen molar-refractivity contribution in [1.82, 2.24) is 9.97 Å². The first-order valence-corrected chi connectivity index (χ1v) is 9.75. The van der Waals surface area contributed by atoms with Crippen molar-refractivity contribution in [2.24, 2.45) is 0 Å². The van der Waals surface area contributed by atoms with E-state index in [9.17, 15) is 4.39 Å². The second-order valence-corrected chi connectivity index (χ2v) is 8.15. The quantitative estimate of drug-likeness (QED) is 0.402. The van der Waals surface area contributed by atoms with E-state index in [0.717, 1.165) is 28.0 Å². The number of fused-ring (bicyclic) bond motifs is 2. The highest BCUT2D eigenvalue weighted by Gasteiger charge is 2.31. The number of ether oxygens (including phenoxy) is 1. The van der Waals surface area contributed by atoms with E-state index in [1.54, 1.807) is 12.1 Å². The van der Waals surface area contributed by atoms with Crippen LogP contribution >= 0.6 is 11.6 Å². The van der Waals surface area contributed by atoms with Gasteiger partial charge in [0.2, 0.25) is 0 Å². The van der Waals surface area contributed by atoms with Crippen molar-refractivity contribution in [2.75, 3.05) is 0 Å². The van der Waals surface area contributed by atoms with E-state index in [-0.39, 0.29) is 11.0 Å². The molecule has 1 N–H and O–H groups in total. The summed E-state index contributed by atoms with van der Waals surface area (Å²) in [5.41, 5.74) is 3.73. The molecule has 1 aliphatic heterocycles. The number of para-hydroxylation sites is 2. The zero-order chi connectivity index (χ0) is 20.2. The molecule has 0 spiro atoms. The van der Waals surface area contributed by atoms with Gasteiger partial charge in [0.15, 0.2) is 0 Å². The Morgan fingerprint density at radius 1 is 1.03 bits per heavy atom.